The van der Waals surface area contributed by atoms with E-state index in [2.05, 4.69) is 9.97 Å². The van der Waals surface area contributed by atoms with Gasteiger partial charge in [-0.25, -0.2) is 4.98 Å². The van der Waals surface area contributed by atoms with Gasteiger partial charge >= 0.3 is 6.18 Å². The number of nitrogens with one attached hydrogen (secondary N) is 1. The SMILES string of the molecule is O=C(COc1ccccc1)N1CCC[C@@H](c2cc3nc(C(F)(F)F)ccc3[nH]2)C1. The molecule has 0 radical (unpaired) electrons. The molecule has 1 aromatic carbocycles. The van der Waals surface area contributed by atoms with Gasteiger partial charge < -0.3 is 14.6 Å². The molecule has 1 N–H and O–H groups in total. The van der Waals surface area contributed by atoms with Gasteiger partial charge in [0.15, 0.2) is 6.61 Å². The average Bonchev–Trinajstić information content (AvgIpc) is 3.16. The number of aromatic amines is 1. The molecule has 5 nitrogen and oxygen atoms in total. The fraction of sp³-hybridized carbons (Fsp3) is 0.333. The first kappa shape index (κ1) is 19.3. The van der Waals surface area contributed by atoms with Gasteiger partial charge in [0.2, 0.25) is 0 Å². The molecule has 1 aliphatic rings. The van der Waals surface area contributed by atoms with E-state index in [4.69, 9.17) is 4.74 Å². The number of carbonyl (C=O) groups is 1. The number of rotatable bonds is 4. The molecular weight excluding hydrogens is 383 g/mol. The second-order valence-electron chi connectivity index (χ2n) is 7.13. The Hall–Kier alpha value is -3.03. The van der Waals surface area contributed by atoms with E-state index in [0.29, 0.717) is 24.4 Å². The molecule has 1 atom stereocenters. The van der Waals surface area contributed by atoms with Crippen LogP contribution in [0, 0.1) is 0 Å². The molecule has 4 rings (SSSR count). The first-order valence-electron chi connectivity index (χ1n) is 9.42. The van der Waals surface area contributed by atoms with Gasteiger partial charge in [0, 0.05) is 24.7 Å². The summed E-state index contributed by atoms with van der Waals surface area (Å²) >= 11 is 0. The van der Waals surface area contributed by atoms with Crippen LogP contribution in [-0.4, -0.2) is 40.5 Å². The quantitative estimate of drug-likeness (QED) is 0.704. The fourth-order valence-electron chi connectivity index (χ4n) is 3.62. The molecule has 29 heavy (non-hydrogen) atoms. The minimum Gasteiger partial charge on any atom is -0.484 e. The lowest BCUT2D eigenvalue weighted by molar-refractivity contribution is -0.141. The van der Waals surface area contributed by atoms with Crippen molar-refractivity contribution in [2.45, 2.75) is 24.9 Å². The molecule has 3 heterocycles. The molecular formula is C21H20F3N3O2. The molecule has 0 saturated carbocycles. The third-order valence-corrected chi connectivity index (χ3v) is 5.11. The lowest BCUT2D eigenvalue weighted by Gasteiger charge is -2.32. The number of aromatic nitrogens is 2. The lowest BCUT2D eigenvalue weighted by Crippen LogP contribution is -2.41. The summed E-state index contributed by atoms with van der Waals surface area (Å²) in [4.78, 5) is 21.2. The van der Waals surface area contributed by atoms with E-state index in [-0.39, 0.29) is 23.9 Å². The predicted octanol–water partition coefficient (Wildman–Crippen LogP) is 4.37. The number of ether oxygens (including phenoxy) is 1. The van der Waals surface area contributed by atoms with E-state index in [0.717, 1.165) is 24.6 Å². The highest BCUT2D eigenvalue weighted by Crippen LogP contribution is 2.32. The van der Waals surface area contributed by atoms with Crippen LogP contribution in [-0.2, 0) is 11.0 Å². The van der Waals surface area contributed by atoms with Crippen molar-refractivity contribution in [3.63, 3.8) is 0 Å². The van der Waals surface area contributed by atoms with Gasteiger partial charge in [0.05, 0.1) is 11.0 Å². The minimum absolute atomic E-state index is 0.0213. The minimum atomic E-state index is -4.47. The number of benzene rings is 1. The van der Waals surface area contributed by atoms with Crippen molar-refractivity contribution in [3.05, 3.63) is 59.9 Å². The summed E-state index contributed by atoms with van der Waals surface area (Å²) in [6.07, 6.45) is -2.81. The van der Waals surface area contributed by atoms with Crippen LogP contribution in [0.5, 0.6) is 5.75 Å². The number of H-pyrrole nitrogens is 1. The second-order valence-corrected chi connectivity index (χ2v) is 7.13. The first-order chi connectivity index (χ1) is 13.9. The van der Waals surface area contributed by atoms with Gasteiger partial charge in [0.25, 0.3) is 5.91 Å². The lowest BCUT2D eigenvalue weighted by atomic mass is 9.95. The summed E-state index contributed by atoms with van der Waals surface area (Å²) in [6, 6.07) is 13.2. The Balaban J connectivity index is 1.44. The maximum absolute atomic E-state index is 12.9. The van der Waals surface area contributed by atoms with Crippen molar-refractivity contribution >= 4 is 16.9 Å². The molecule has 1 saturated heterocycles. The zero-order chi connectivity index (χ0) is 20.4. The van der Waals surface area contributed by atoms with E-state index in [1.807, 2.05) is 18.2 Å². The van der Waals surface area contributed by atoms with Gasteiger partial charge in [-0.1, -0.05) is 18.2 Å². The van der Waals surface area contributed by atoms with E-state index in [1.165, 1.54) is 6.07 Å². The molecule has 2 aromatic heterocycles. The van der Waals surface area contributed by atoms with Crippen molar-refractivity contribution in [1.29, 1.82) is 0 Å². The third-order valence-electron chi connectivity index (χ3n) is 5.11. The number of hydrogen-bond acceptors (Lipinski definition) is 3. The number of amides is 1. The zero-order valence-electron chi connectivity index (χ0n) is 15.6. The van der Waals surface area contributed by atoms with Crippen LogP contribution in [0.1, 0.15) is 30.1 Å². The highest BCUT2D eigenvalue weighted by Gasteiger charge is 2.33. The van der Waals surface area contributed by atoms with Crippen molar-refractivity contribution in [3.8, 4) is 5.75 Å². The van der Waals surface area contributed by atoms with E-state index < -0.39 is 11.9 Å². The topological polar surface area (TPSA) is 58.2 Å². The number of piperidine rings is 1. The number of nitrogens with zero attached hydrogens (tertiary/aromatic N) is 2. The Labute approximate surface area is 165 Å². The van der Waals surface area contributed by atoms with Gasteiger partial charge in [-0.3, -0.25) is 4.79 Å². The standard InChI is InChI=1S/C21H20F3N3O2/c22-21(23,24)19-9-8-16-18(26-19)11-17(25-16)14-5-4-10-27(12-14)20(28)13-29-15-6-2-1-3-7-15/h1-3,6-9,11,14,25H,4-5,10,12-13H2/t14-/m1/s1. The molecule has 1 aliphatic heterocycles. The van der Waals surface area contributed by atoms with Crippen LogP contribution in [0.4, 0.5) is 13.2 Å². The average molecular weight is 403 g/mol. The number of halogens is 3. The highest BCUT2D eigenvalue weighted by atomic mass is 19.4. The maximum atomic E-state index is 12.9. The molecule has 0 bridgehead atoms. The number of pyridine rings is 1. The molecule has 152 valence electrons. The van der Waals surface area contributed by atoms with Gasteiger partial charge in [-0.15, -0.1) is 0 Å². The Bertz CT molecular complexity index is 1000. The monoisotopic (exact) mass is 403 g/mol. The summed E-state index contributed by atoms with van der Waals surface area (Å²) in [7, 11) is 0. The molecule has 8 heteroatoms. The number of hydrogen-bond donors (Lipinski definition) is 1. The fourth-order valence-corrected chi connectivity index (χ4v) is 3.62. The summed E-state index contributed by atoms with van der Waals surface area (Å²) in [5, 5.41) is 0. The van der Waals surface area contributed by atoms with Crippen LogP contribution in [0.25, 0.3) is 11.0 Å². The molecule has 1 amide bonds. The van der Waals surface area contributed by atoms with Crippen LogP contribution in [0.2, 0.25) is 0 Å². The summed E-state index contributed by atoms with van der Waals surface area (Å²) in [5.74, 6) is 0.552. The molecule has 0 spiro atoms. The van der Waals surface area contributed by atoms with Crippen LogP contribution >= 0.6 is 0 Å². The summed E-state index contributed by atoms with van der Waals surface area (Å²) in [6.45, 7) is 1.10. The zero-order valence-corrected chi connectivity index (χ0v) is 15.6. The van der Waals surface area contributed by atoms with E-state index >= 15 is 0 Å². The smallest absolute Gasteiger partial charge is 0.433 e. The number of alkyl halides is 3. The number of para-hydroxylation sites is 1. The Morgan fingerprint density at radius 2 is 2.00 bits per heavy atom. The third kappa shape index (κ3) is 4.36. The van der Waals surface area contributed by atoms with Crippen molar-refractivity contribution in [2.75, 3.05) is 19.7 Å². The number of likely N-dealkylation sites (tertiary alicyclic amines) is 1. The highest BCUT2D eigenvalue weighted by molar-refractivity contribution is 5.78. The first-order valence-corrected chi connectivity index (χ1v) is 9.42. The normalized spacial score (nSPS) is 17.5. The van der Waals surface area contributed by atoms with Crippen molar-refractivity contribution < 1.29 is 22.7 Å². The number of fused-ring (bicyclic) bond motifs is 1. The van der Waals surface area contributed by atoms with Gasteiger partial charge in [-0.05, 0) is 43.2 Å². The Morgan fingerprint density at radius 1 is 1.21 bits per heavy atom. The molecule has 1 fully saturated rings. The molecule has 3 aromatic rings. The Kier molecular flexibility index (Phi) is 5.17. The second kappa shape index (κ2) is 7.77. The largest absolute Gasteiger partial charge is 0.484 e. The van der Waals surface area contributed by atoms with Crippen molar-refractivity contribution in [1.82, 2.24) is 14.9 Å². The molecule has 0 unspecified atom stereocenters. The van der Waals surface area contributed by atoms with Gasteiger partial charge in [-0.2, -0.15) is 13.2 Å². The predicted molar refractivity (Wildman–Crippen MR) is 102 cm³/mol. The maximum Gasteiger partial charge on any atom is 0.433 e. The van der Waals surface area contributed by atoms with Crippen LogP contribution in [0.15, 0.2) is 48.5 Å². The molecule has 0 aliphatic carbocycles. The van der Waals surface area contributed by atoms with E-state index in [9.17, 15) is 18.0 Å². The van der Waals surface area contributed by atoms with Crippen molar-refractivity contribution in [2.24, 2.45) is 0 Å². The Morgan fingerprint density at radius 3 is 2.76 bits per heavy atom. The van der Waals surface area contributed by atoms with Crippen LogP contribution in [0.3, 0.4) is 0 Å². The number of carbonyl (C=O) groups excluding carboxylic acids is 1. The summed E-state index contributed by atoms with van der Waals surface area (Å²) < 4.78 is 44.2. The van der Waals surface area contributed by atoms with Gasteiger partial charge in [0.1, 0.15) is 11.4 Å². The van der Waals surface area contributed by atoms with Crippen LogP contribution < -0.4 is 4.74 Å². The summed E-state index contributed by atoms with van der Waals surface area (Å²) in [5.41, 5.74) is 0.733. The van der Waals surface area contributed by atoms with E-state index in [1.54, 1.807) is 23.1 Å².